The molecule has 0 saturated heterocycles. The van der Waals surface area contributed by atoms with Crippen LogP contribution in [-0.4, -0.2) is 5.43 Å². The number of rotatable bonds is 0. The molecule has 0 aromatic heterocycles. The zero-order chi connectivity index (χ0) is 17.5. The van der Waals surface area contributed by atoms with Crippen LogP contribution in [0.3, 0.4) is 0 Å². The van der Waals surface area contributed by atoms with E-state index in [-0.39, 0.29) is 30.2 Å². The van der Waals surface area contributed by atoms with E-state index in [0.717, 1.165) is 35.5 Å². The standard InChI is InChI=1S/2C10H13.C2H6Si.2ClH.Zr/c2*1-8-6-9-4-2-3-5-10(9)7-8;1-3-2;;;/h2*2-6,8-10H,7H2,1H3;1-2H3;2*1H;/q2*-1;;;;+2/p-2. The molecule has 4 heteroatoms. The van der Waals surface area contributed by atoms with Crippen molar-refractivity contribution in [3.8, 4) is 0 Å². The fraction of sp³-hybridized carbons (Fsp3) is 0.545. The molecule has 0 aromatic carbocycles. The topological polar surface area (TPSA) is 0 Å². The SMILES string of the molecule is CC1[CH-]C2C=CC=CC2C1.CC1[CH-]C2C=CC=CC2C1.C[Si](C)=[Zr+2].[Cl-].[Cl-]. The van der Waals surface area contributed by atoms with Gasteiger partial charge in [-0.15, -0.1) is 24.0 Å². The average Bonchev–Trinajstić information content (AvgIpc) is 3.07. The predicted octanol–water partition coefficient (Wildman–Crippen LogP) is -0.0299. The van der Waals surface area contributed by atoms with Gasteiger partial charge in [-0.1, -0.05) is 63.1 Å². The number of allylic oxidation sites excluding steroid dienone is 8. The first-order valence-electron chi connectivity index (χ1n) is 9.37. The van der Waals surface area contributed by atoms with Gasteiger partial charge in [0, 0.05) is 0 Å². The second kappa shape index (κ2) is 13.8. The normalized spacial score (nSPS) is 34.8. The predicted molar refractivity (Wildman–Crippen MR) is 104 cm³/mol. The number of hydrogen-bond donors (Lipinski definition) is 0. The van der Waals surface area contributed by atoms with Crippen molar-refractivity contribution in [2.75, 3.05) is 0 Å². The number of halogens is 2. The molecule has 0 bridgehead atoms. The van der Waals surface area contributed by atoms with Gasteiger partial charge in [0.1, 0.15) is 0 Å². The Morgan fingerprint density at radius 2 is 1.04 bits per heavy atom. The van der Waals surface area contributed by atoms with Crippen LogP contribution in [0.2, 0.25) is 13.1 Å². The first-order chi connectivity index (χ1) is 11.5. The van der Waals surface area contributed by atoms with Crippen LogP contribution >= 0.6 is 0 Å². The molecule has 0 aromatic rings. The second-order valence-corrected chi connectivity index (χ2v) is 17.2. The van der Waals surface area contributed by atoms with E-state index in [1.807, 2.05) is 0 Å². The van der Waals surface area contributed by atoms with Crippen LogP contribution in [0.4, 0.5) is 0 Å². The minimum atomic E-state index is 0. The largest absolute Gasteiger partial charge is 1.00 e. The summed E-state index contributed by atoms with van der Waals surface area (Å²) in [7, 11) is 0. The van der Waals surface area contributed by atoms with Crippen molar-refractivity contribution in [3.63, 3.8) is 0 Å². The molecule has 0 N–H and O–H groups in total. The molecular weight excluding hydrogens is 454 g/mol. The van der Waals surface area contributed by atoms with E-state index >= 15 is 0 Å². The van der Waals surface area contributed by atoms with Crippen molar-refractivity contribution in [2.45, 2.75) is 39.8 Å². The maximum Gasteiger partial charge on any atom is -1.00 e. The Morgan fingerprint density at radius 1 is 0.731 bits per heavy atom. The van der Waals surface area contributed by atoms with E-state index in [9.17, 15) is 0 Å². The maximum atomic E-state index is 2.46. The number of hydrogen-bond acceptors (Lipinski definition) is 0. The van der Waals surface area contributed by atoms with E-state index in [2.05, 4.69) is 88.4 Å². The molecule has 26 heavy (non-hydrogen) atoms. The number of fused-ring (bicyclic) bond motifs is 2. The summed E-state index contributed by atoms with van der Waals surface area (Å²) in [6.45, 7) is 9.23. The van der Waals surface area contributed by atoms with Gasteiger partial charge < -0.3 is 37.7 Å². The molecule has 4 aliphatic carbocycles. The third kappa shape index (κ3) is 9.22. The van der Waals surface area contributed by atoms with Gasteiger partial charge in [0.25, 0.3) is 0 Å². The van der Waals surface area contributed by atoms with Gasteiger partial charge in [-0.25, -0.2) is 0 Å². The monoisotopic (exact) mass is 484 g/mol. The van der Waals surface area contributed by atoms with Crippen molar-refractivity contribution in [2.24, 2.45) is 35.5 Å². The quantitative estimate of drug-likeness (QED) is 0.333. The first kappa shape index (κ1) is 26.6. The Balaban J connectivity index is 0.000000378. The third-order valence-electron chi connectivity index (χ3n) is 4.98. The van der Waals surface area contributed by atoms with Crippen molar-refractivity contribution in [1.82, 2.24) is 0 Å². The Morgan fingerprint density at radius 3 is 1.35 bits per heavy atom. The van der Waals surface area contributed by atoms with E-state index in [1.165, 1.54) is 12.8 Å². The minimum absolute atomic E-state index is 0. The molecule has 6 unspecified atom stereocenters. The molecule has 0 heterocycles. The molecule has 4 aliphatic rings. The fourth-order valence-electron chi connectivity index (χ4n) is 4.00. The van der Waals surface area contributed by atoms with Gasteiger partial charge >= 0.3 is 41.9 Å². The van der Waals surface area contributed by atoms with Crippen LogP contribution in [0.1, 0.15) is 26.7 Å². The Kier molecular flexibility index (Phi) is 14.1. The Hall–Kier alpha value is 0.640. The molecule has 0 nitrogen and oxygen atoms in total. The van der Waals surface area contributed by atoms with E-state index in [0.29, 0.717) is 0 Å². The summed E-state index contributed by atoms with van der Waals surface area (Å²) in [4.78, 5) is 0. The van der Waals surface area contributed by atoms with Crippen molar-refractivity contribution >= 4 is 5.43 Å². The maximum absolute atomic E-state index is 2.46. The van der Waals surface area contributed by atoms with Crippen LogP contribution in [0.15, 0.2) is 48.6 Å². The molecule has 0 spiro atoms. The van der Waals surface area contributed by atoms with E-state index in [4.69, 9.17) is 0 Å². The molecule has 0 aliphatic heterocycles. The molecule has 0 amide bonds. The zero-order valence-electron chi connectivity index (χ0n) is 16.4. The van der Waals surface area contributed by atoms with Crippen molar-refractivity contribution in [3.05, 3.63) is 61.4 Å². The van der Waals surface area contributed by atoms with Crippen LogP contribution in [0, 0.1) is 48.3 Å². The molecule has 2 fully saturated rings. The summed E-state index contributed by atoms with van der Waals surface area (Å²) in [6.07, 6.45) is 25.6. The molecular formula is C22H32Cl2SiZr-2. The van der Waals surface area contributed by atoms with Gasteiger partial charge in [-0.2, -0.15) is 11.8 Å². The smallest absolute Gasteiger partial charge is 1.00 e. The molecule has 0 radical (unpaired) electrons. The molecule has 4 rings (SSSR count). The average molecular weight is 487 g/mol. The zero-order valence-corrected chi connectivity index (χ0v) is 21.4. The molecule has 144 valence electrons. The van der Waals surface area contributed by atoms with Gasteiger partial charge in [-0.3, -0.25) is 0 Å². The molecule has 6 atom stereocenters. The summed E-state index contributed by atoms with van der Waals surface area (Å²) >= 11 is 1.74. The minimum Gasteiger partial charge on any atom is -1.00 e. The van der Waals surface area contributed by atoms with Crippen molar-refractivity contribution in [1.29, 1.82) is 0 Å². The summed E-state index contributed by atoms with van der Waals surface area (Å²) in [5.74, 6) is 4.78. The third-order valence-corrected chi connectivity index (χ3v) is 4.98. The van der Waals surface area contributed by atoms with Crippen LogP contribution in [0.25, 0.3) is 0 Å². The molecule has 2 saturated carbocycles. The van der Waals surface area contributed by atoms with Crippen molar-refractivity contribution < 1.29 is 48.1 Å². The van der Waals surface area contributed by atoms with Gasteiger partial charge in [-0.05, 0) is 11.8 Å². The summed E-state index contributed by atoms with van der Waals surface area (Å²) in [5, 5.41) is 0. The fourth-order valence-corrected chi connectivity index (χ4v) is 4.00. The van der Waals surface area contributed by atoms with Gasteiger partial charge in [0.15, 0.2) is 0 Å². The van der Waals surface area contributed by atoms with E-state index in [1.54, 1.807) is 23.3 Å². The first-order valence-corrected chi connectivity index (χ1v) is 15.6. The second-order valence-electron chi connectivity index (χ2n) is 7.83. The van der Waals surface area contributed by atoms with Crippen LogP contribution in [-0.2, 0) is 23.3 Å². The van der Waals surface area contributed by atoms with Crippen LogP contribution in [0.5, 0.6) is 0 Å². The van der Waals surface area contributed by atoms with E-state index < -0.39 is 0 Å². The summed E-state index contributed by atoms with van der Waals surface area (Å²) < 4.78 is 0. The summed E-state index contributed by atoms with van der Waals surface area (Å²) in [5.41, 5.74) is 0.210. The Bertz CT molecular complexity index is 452. The van der Waals surface area contributed by atoms with Gasteiger partial charge in [0.2, 0.25) is 0 Å². The summed E-state index contributed by atoms with van der Waals surface area (Å²) in [6, 6.07) is 0. The Labute approximate surface area is 189 Å². The van der Waals surface area contributed by atoms with Crippen LogP contribution < -0.4 is 24.8 Å². The van der Waals surface area contributed by atoms with Gasteiger partial charge in [0.05, 0.1) is 0 Å².